The highest BCUT2D eigenvalue weighted by Gasteiger charge is 2.39. The number of rotatable bonds is 5. The molecule has 1 N–H and O–H groups in total. The van der Waals surface area contributed by atoms with Gasteiger partial charge in [-0.05, 0) is 57.8 Å². The Hall–Kier alpha value is -1.88. The van der Waals surface area contributed by atoms with E-state index >= 15 is 0 Å². The molecule has 3 rings (SSSR count). The predicted octanol–water partition coefficient (Wildman–Crippen LogP) is 2.44. The number of piperidine rings is 2. The molecule has 0 aromatic heterocycles. The second-order valence-electron chi connectivity index (χ2n) is 7.67. The number of benzene rings is 1. The van der Waals surface area contributed by atoms with Gasteiger partial charge < -0.3 is 15.1 Å². The molecule has 2 heterocycles. The predicted molar refractivity (Wildman–Crippen MR) is 103 cm³/mol. The summed E-state index contributed by atoms with van der Waals surface area (Å²) in [5.41, 5.74) is 1.06. The topological polar surface area (TPSA) is 52.7 Å². The zero-order valence-electron chi connectivity index (χ0n) is 16.0. The fourth-order valence-corrected chi connectivity index (χ4v) is 4.31. The zero-order chi connectivity index (χ0) is 18.5. The van der Waals surface area contributed by atoms with Crippen LogP contribution in [0, 0.1) is 11.8 Å². The minimum atomic E-state index is -0.165. The summed E-state index contributed by atoms with van der Waals surface area (Å²) in [6.07, 6.45) is 3.38. The van der Waals surface area contributed by atoms with Crippen LogP contribution in [0.2, 0.25) is 0 Å². The Labute approximate surface area is 156 Å². The van der Waals surface area contributed by atoms with Crippen molar-refractivity contribution in [3.8, 4) is 0 Å². The molecular weight excluding hydrogens is 326 g/mol. The molecule has 0 bridgehead atoms. The van der Waals surface area contributed by atoms with E-state index in [2.05, 4.69) is 17.3 Å². The van der Waals surface area contributed by atoms with Gasteiger partial charge in [-0.1, -0.05) is 30.3 Å². The number of likely N-dealkylation sites (tertiary alicyclic amines) is 2. The average molecular weight is 357 g/mol. The Morgan fingerprint density at radius 3 is 2.50 bits per heavy atom. The van der Waals surface area contributed by atoms with Crippen LogP contribution in [0.3, 0.4) is 0 Å². The molecule has 0 saturated carbocycles. The summed E-state index contributed by atoms with van der Waals surface area (Å²) in [4.78, 5) is 29.6. The van der Waals surface area contributed by atoms with Crippen molar-refractivity contribution in [2.45, 2.75) is 38.6 Å². The van der Waals surface area contributed by atoms with Crippen molar-refractivity contribution in [2.24, 2.45) is 11.8 Å². The van der Waals surface area contributed by atoms with Crippen LogP contribution in [0.1, 0.15) is 44.2 Å². The molecule has 142 valence electrons. The van der Waals surface area contributed by atoms with Crippen molar-refractivity contribution in [3.05, 3.63) is 35.9 Å². The van der Waals surface area contributed by atoms with Gasteiger partial charge in [-0.3, -0.25) is 9.59 Å². The van der Waals surface area contributed by atoms with E-state index in [0.29, 0.717) is 25.3 Å². The minimum absolute atomic E-state index is 0.101. The van der Waals surface area contributed by atoms with E-state index in [9.17, 15) is 9.59 Å². The van der Waals surface area contributed by atoms with Crippen LogP contribution in [-0.2, 0) is 9.59 Å². The third kappa shape index (κ3) is 4.26. The number of hydrogen-bond donors (Lipinski definition) is 1. The van der Waals surface area contributed by atoms with Crippen molar-refractivity contribution in [2.75, 3.05) is 33.2 Å². The van der Waals surface area contributed by atoms with Crippen LogP contribution >= 0.6 is 0 Å². The van der Waals surface area contributed by atoms with E-state index < -0.39 is 0 Å². The summed E-state index contributed by atoms with van der Waals surface area (Å²) in [5.74, 6) is 0.656. The van der Waals surface area contributed by atoms with Gasteiger partial charge in [0, 0.05) is 19.5 Å². The van der Waals surface area contributed by atoms with Gasteiger partial charge in [0.1, 0.15) is 0 Å². The van der Waals surface area contributed by atoms with Crippen LogP contribution in [0.5, 0.6) is 0 Å². The number of carbonyl (C=O) groups is 2. The normalized spacial score (nSPS) is 25.3. The van der Waals surface area contributed by atoms with Crippen molar-refractivity contribution < 1.29 is 9.59 Å². The molecule has 1 aromatic rings. The van der Waals surface area contributed by atoms with Gasteiger partial charge in [0.15, 0.2) is 0 Å². The molecule has 0 unspecified atom stereocenters. The van der Waals surface area contributed by atoms with Gasteiger partial charge in [0.25, 0.3) is 0 Å². The number of nitrogens with one attached hydrogen (secondary N) is 1. The monoisotopic (exact) mass is 357 g/mol. The summed E-state index contributed by atoms with van der Waals surface area (Å²) in [6, 6.07) is 9.84. The van der Waals surface area contributed by atoms with Crippen LogP contribution in [0.25, 0.3) is 0 Å². The van der Waals surface area contributed by atoms with E-state index in [1.54, 1.807) is 0 Å². The summed E-state index contributed by atoms with van der Waals surface area (Å²) >= 11 is 0. The number of hydrogen-bond acceptors (Lipinski definition) is 3. The Kier molecular flexibility index (Phi) is 6.30. The van der Waals surface area contributed by atoms with Crippen LogP contribution in [0.15, 0.2) is 30.3 Å². The van der Waals surface area contributed by atoms with Crippen molar-refractivity contribution in [3.63, 3.8) is 0 Å². The molecule has 0 radical (unpaired) electrons. The molecule has 2 atom stereocenters. The van der Waals surface area contributed by atoms with Gasteiger partial charge >= 0.3 is 0 Å². The van der Waals surface area contributed by atoms with Gasteiger partial charge in [-0.2, -0.15) is 0 Å². The van der Waals surface area contributed by atoms with Gasteiger partial charge in [0.05, 0.1) is 12.0 Å². The molecule has 2 fully saturated rings. The molecule has 26 heavy (non-hydrogen) atoms. The highest BCUT2D eigenvalue weighted by atomic mass is 16.2. The first-order chi connectivity index (χ1) is 12.6. The third-order valence-electron chi connectivity index (χ3n) is 5.93. The maximum atomic E-state index is 13.0. The second-order valence-corrected chi connectivity index (χ2v) is 7.67. The van der Waals surface area contributed by atoms with Crippen LogP contribution in [-0.4, -0.2) is 54.8 Å². The summed E-state index contributed by atoms with van der Waals surface area (Å²) in [7, 11) is 2.15. The summed E-state index contributed by atoms with van der Waals surface area (Å²) in [5, 5.41) is 3.20. The van der Waals surface area contributed by atoms with Gasteiger partial charge in [-0.15, -0.1) is 0 Å². The van der Waals surface area contributed by atoms with Gasteiger partial charge in [-0.25, -0.2) is 0 Å². The first kappa shape index (κ1) is 18.9. The lowest BCUT2D eigenvalue weighted by molar-refractivity contribution is -0.143. The van der Waals surface area contributed by atoms with Crippen molar-refractivity contribution in [1.29, 1.82) is 0 Å². The minimum Gasteiger partial charge on any atom is -0.356 e. The van der Waals surface area contributed by atoms with Gasteiger partial charge in [0.2, 0.25) is 11.8 Å². The smallest absolute Gasteiger partial charge is 0.225 e. The SMILES string of the molecule is CCN1C(=O)CC[C@@H](C(=O)NCC2CCN(C)CC2)[C@@H]1c1ccccc1. The molecule has 1 aromatic carbocycles. The molecule has 2 aliphatic rings. The Bertz CT molecular complexity index is 611. The third-order valence-corrected chi connectivity index (χ3v) is 5.93. The summed E-state index contributed by atoms with van der Waals surface area (Å²) < 4.78 is 0. The number of nitrogens with zero attached hydrogens (tertiary/aromatic N) is 2. The highest BCUT2D eigenvalue weighted by molar-refractivity contribution is 5.85. The quantitative estimate of drug-likeness (QED) is 0.881. The summed E-state index contributed by atoms with van der Waals surface area (Å²) in [6.45, 7) is 5.60. The number of amides is 2. The fourth-order valence-electron chi connectivity index (χ4n) is 4.31. The lowest BCUT2D eigenvalue weighted by Crippen LogP contribution is -2.48. The first-order valence-electron chi connectivity index (χ1n) is 9.90. The molecular formula is C21H31N3O2. The second kappa shape index (κ2) is 8.67. The maximum absolute atomic E-state index is 13.0. The standard InChI is InChI=1S/C21H31N3O2/c1-3-24-19(25)10-9-18(20(24)17-7-5-4-6-8-17)21(26)22-15-16-11-13-23(2)14-12-16/h4-8,16,18,20H,3,9-15H2,1-2H3,(H,22,26)/t18-,20+/m1/s1. The lowest BCUT2D eigenvalue weighted by atomic mass is 9.83. The highest BCUT2D eigenvalue weighted by Crippen LogP contribution is 2.36. The Morgan fingerprint density at radius 2 is 1.85 bits per heavy atom. The van der Waals surface area contributed by atoms with Crippen LogP contribution in [0.4, 0.5) is 0 Å². The fraction of sp³-hybridized carbons (Fsp3) is 0.619. The maximum Gasteiger partial charge on any atom is 0.225 e. The molecule has 0 spiro atoms. The molecule has 0 aliphatic carbocycles. The van der Waals surface area contributed by atoms with E-state index in [1.807, 2.05) is 42.2 Å². The van der Waals surface area contributed by atoms with E-state index in [1.165, 1.54) is 0 Å². The van der Waals surface area contributed by atoms with Crippen molar-refractivity contribution >= 4 is 11.8 Å². The largest absolute Gasteiger partial charge is 0.356 e. The molecule has 2 aliphatic heterocycles. The Balaban J connectivity index is 1.69. The lowest BCUT2D eigenvalue weighted by Gasteiger charge is -2.40. The van der Waals surface area contributed by atoms with E-state index in [4.69, 9.17) is 0 Å². The Morgan fingerprint density at radius 1 is 1.15 bits per heavy atom. The average Bonchev–Trinajstić information content (AvgIpc) is 2.67. The molecule has 5 heteroatoms. The molecule has 2 amide bonds. The first-order valence-corrected chi connectivity index (χ1v) is 9.90. The van der Waals surface area contributed by atoms with Crippen LogP contribution < -0.4 is 5.32 Å². The molecule has 2 saturated heterocycles. The van der Waals surface area contributed by atoms with E-state index in [0.717, 1.165) is 38.0 Å². The van der Waals surface area contributed by atoms with Crippen molar-refractivity contribution in [1.82, 2.24) is 15.1 Å². The van der Waals surface area contributed by atoms with E-state index in [-0.39, 0.29) is 23.8 Å². The zero-order valence-corrected chi connectivity index (χ0v) is 16.0. The molecule has 5 nitrogen and oxygen atoms in total. The number of carbonyl (C=O) groups excluding carboxylic acids is 2.